The van der Waals surface area contributed by atoms with Crippen molar-refractivity contribution in [1.29, 1.82) is 0 Å². The van der Waals surface area contributed by atoms with Gasteiger partial charge >= 0.3 is 12.1 Å². The first kappa shape index (κ1) is 19.4. The molecule has 0 amide bonds. The number of benzene rings is 1. The molecular formula is C15H11ClF3N3O4. The Kier molecular flexibility index (Phi) is 5.98. The first-order valence-corrected chi connectivity index (χ1v) is 7.45. The minimum Gasteiger partial charge on any atom is -0.460 e. The summed E-state index contributed by atoms with van der Waals surface area (Å²) >= 11 is 5.72. The highest BCUT2D eigenvalue weighted by Gasteiger charge is 2.31. The zero-order chi connectivity index (χ0) is 19.3. The van der Waals surface area contributed by atoms with Gasteiger partial charge in [0.1, 0.15) is 18.0 Å². The van der Waals surface area contributed by atoms with E-state index in [-0.39, 0.29) is 29.6 Å². The molecule has 0 spiro atoms. The van der Waals surface area contributed by atoms with E-state index in [1.54, 1.807) is 0 Å². The molecule has 0 aliphatic carbocycles. The summed E-state index contributed by atoms with van der Waals surface area (Å²) in [6.45, 7) is -0.214. The van der Waals surface area contributed by atoms with E-state index in [0.29, 0.717) is 6.20 Å². The van der Waals surface area contributed by atoms with E-state index in [2.05, 4.69) is 10.3 Å². The van der Waals surface area contributed by atoms with Crippen molar-refractivity contribution in [3.05, 3.63) is 62.8 Å². The number of nitrogens with zero attached hydrogens (tertiary/aromatic N) is 2. The molecule has 138 valence electrons. The molecular weight excluding hydrogens is 379 g/mol. The number of rotatable bonds is 6. The molecule has 0 saturated heterocycles. The van der Waals surface area contributed by atoms with Crippen molar-refractivity contribution in [1.82, 2.24) is 4.98 Å². The van der Waals surface area contributed by atoms with Gasteiger partial charge in [-0.05, 0) is 12.1 Å². The van der Waals surface area contributed by atoms with Crippen LogP contribution in [0.5, 0.6) is 0 Å². The molecule has 0 atom stereocenters. The smallest absolute Gasteiger partial charge is 0.417 e. The lowest BCUT2D eigenvalue weighted by Crippen LogP contribution is -2.16. The molecule has 1 aromatic carbocycles. The molecule has 7 nitrogen and oxygen atoms in total. The summed E-state index contributed by atoms with van der Waals surface area (Å²) < 4.78 is 42.5. The number of hydrogen-bond donors (Lipinski definition) is 1. The first-order valence-electron chi connectivity index (χ1n) is 7.07. The van der Waals surface area contributed by atoms with Crippen molar-refractivity contribution in [2.45, 2.75) is 6.18 Å². The molecule has 0 saturated carbocycles. The van der Waals surface area contributed by atoms with Crippen LogP contribution in [0.15, 0.2) is 36.5 Å². The predicted molar refractivity (Wildman–Crippen MR) is 86.1 cm³/mol. The predicted octanol–water partition coefficient (Wildman–Crippen LogP) is 3.93. The fraction of sp³-hybridized carbons (Fsp3) is 0.200. The lowest BCUT2D eigenvalue weighted by molar-refractivity contribution is -0.385. The number of carbonyl (C=O) groups excluding carboxylic acids is 1. The highest BCUT2D eigenvalue weighted by molar-refractivity contribution is 6.32. The molecule has 0 aliphatic rings. The molecule has 1 aromatic heterocycles. The van der Waals surface area contributed by atoms with Crippen LogP contribution >= 0.6 is 11.6 Å². The van der Waals surface area contributed by atoms with Gasteiger partial charge in [-0.2, -0.15) is 13.2 Å². The van der Waals surface area contributed by atoms with Crippen LogP contribution in [0.25, 0.3) is 0 Å². The van der Waals surface area contributed by atoms with E-state index in [1.807, 2.05) is 0 Å². The lowest BCUT2D eigenvalue weighted by atomic mass is 10.2. The minimum atomic E-state index is -4.56. The van der Waals surface area contributed by atoms with Gasteiger partial charge in [-0.25, -0.2) is 9.78 Å². The number of carbonyl (C=O) groups is 1. The number of nitro groups is 1. The number of pyridine rings is 1. The van der Waals surface area contributed by atoms with E-state index in [4.69, 9.17) is 16.3 Å². The number of nitrogens with one attached hydrogen (secondary N) is 1. The summed E-state index contributed by atoms with van der Waals surface area (Å²) in [4.78, 5) is 25.6. The van der Waals surface area contributed by atoms with E-state index in [9.17, 15) is 28.1 Å². The van der Waals surface area contributed by atoms with Crippen LogP contribution in [0.4, 0.5) is 24.7 Å². The number of ether oxygens (including phenoxy) is 1. The molecule has 0 fully saturated rings. The fourth-order valence-corrected chi connectivity index (χ4v) is 2.15. The third-order valence-corrected chi connectivity index (χ3v) is 3.40. The molecule has 2 aromatic rings. The molecule has 0 radical (unpaired) electrons. The summed E-state index contributed by atoms with van der Waals surface area (Å²) in [7, 11) is 0. The SMILES string of the molecule is O=C(OCCNc1ncc(C(F)(F)F)cc1Cl)c1ccccc1[N+](=O)[O-]. The molecule has 0 aliphatic heterocycles. The minimum absolute atomic E-state index is 0.00947. The Morgan fingerprint density at radius 2 is 2.04 bits per heavy atom. The van der Waals surface area contributed by atoms with Gasteiger partial charge in [0.25, 0.3) is 5.69 Å². The quantitative estimate of drug-likeness (QED) is 0.348. The zero-order valence-corrected chi connectivity index (χ0v) is 13.7. The number of esters is 1. The molecule has 0 bridgehead atoms. The third kappa shape index (κ3) is 4.82. The van der Waals surface area contributed by atoms with Gasteiger partial charge in [-0.1, -0.05) is 23.7 Å². The Labute approximate surface area is 149 Å². The van der Waals surface area contributed by atoms with Gasteiger partial charge in [0.15, 0.2) is 0 Å². The van der Waals surface area contributed by atoms with Gasteiger partial charge in [0.05, 0.1) is 22.1 Å². The molecule has 1 heterocycles. The van der Waals surface area contributed by atoms with E-state index in [0.717, 1.165) is 6.07 Å². The van der Waals surface area contributed by atoms with Gasteiger partial charge < -0.3 is 10.1 Å². The molecule has 2 rings (SSSR count). The number of para-hydroxylation sites is 1. The maximum absolute atomic E-state index is 12.5. The summed E-state index contributed by atoms with van der Waals surface area (Å²) in [6, 6.07) is 6.00. The first-order chi connectivity index (χ1) is 12.2. The fourth-order valence-electron chi connectivity index (χ4n) is 1.92. The van der Waals surface area contributed by atoms with Crippen LogP contribution in [0.3, 0.4) is 0 Å². The number of halogens is 4. The van der Waals surface area contributed by atoms with Crippen LogP contribution in [-0.4, -0.2) is 29.0 Å². The highest BCUT2D eigenvalue weighted by Crippen LogP contribution is 2.32. The van der Waals surface area contributed by atoms with Crippen molar-refractivity contribution < 1.29 is 27.6 Å². The van der Waals surface area contributed by atoms with Gasteiger partial charge in [0, 0.05) is 12.3 Å². The second kappa shape index (κ2) is 8.00. The second-order valence-electron chi connectivity index (χ2n) is 4.89. The highest BCUT2D eigenvalue weighted by atomic mass is 35.5. The van der Waals surface area contributed by atoms with Crippen LogP contribution in [0, 0.1) is 10.1 Å². The summed E-state index contributed by atoms with van der Waals surface area (Å²) in [6.07, 6.45) is -3.94. The third-order valence-electron chi connectivity index (χ3n) is 3.12. The Balaban J connectivity index is 1.91. The van der Waals surface area contributed by atoms with Crippen LogP contribution in [0.1, 0.15) is 15.9 Å². The molecule has 0 unspecified atom stereocenters. The Morgan fingerprint density at radius 1 is 1.35 bits per heavy atom. The van der Waals surface area contributed by atoms with Crippen molar-refractivity contribution in [3.8, 4) is 0 Å². The maximum Gasteiger partial charge on any atom is 0.417 e. The van der Waals surface area contributed by atoms with E-state index in [1.165, 1.54) is 24.3 Å². The van der Waals surface area contributed by atoms with Gasteiger partial charge in [-0.3, -0.25) is 10.1 Å². The number of anilines is 1. The van der Waals surface area contributed by atoms with Gasteiger partial charge in [0.2, 0.25) is 0 Å². The monoisotopic (exact) mass is 389 g/mol. The Hall–Kier alpha value is -2.88. The topological polar surface area (TPSA) is 94.4 Å². The average molecular weight is 390 g/mol. The number of hydrogen-bond acceptors (Lipinski definition) is 6. The average Bonchev–Trinajstić information content (AvgIpc) is 2.58. The largest absolute Gasteiger partial charge is 0.460 e. The second-order valence-corrected chi connectivity index (χ2v) is 5.30. The normalized spacial score (nSPS) is 11.1. The van der Waals surface area contributed by atoms with E-state index < -0.39 is 28.3 Å². The standard InChI is InChI=1S/C15H11ClF3N3O4/c16-11-7-9(15(17,18)19)8-21-13(11)20-5-6-26-14(23)10-3-1-2-4-12(10)22(24)25/h1-4,7-8H,5-6H2,(H,20,21). The van der Waals surface area contributed by atoms with Gasteiger partial charge in [-0.15, -0.1) is 0 Å². The lowest BCUT2D eigenvalue weighted by Gasteiger charge is -2.11. The number of alkyl halides is 3. The van der Waals surface area contributed by atoms with Crippen LogP contribution < -0.4 is 5.32 Å². The zero-order valence-electron chi connectivity index (χ0n) is 12.9. The Morgan fingerprint density at radius 3 is 2.65 bits per heavy atom. The molecule has 26 heavy (non-hydrogen) atoms. The van der Waals surface area contributed by atoms with Crippen molar-refractivity contribution >= 4 is 29.1 Å². The van der Waals surface area contributed by atoms with E-state index >= 15 is 0 Å². The Bertz CT molecular complexity index is 830. The number of aromatic nitrogens is 1. The van der Waals surface area contributed by atoms with Crippen LogP contribution in [0.2, 0.25) is 5.02 Å². The maximum atomic E-state index is 12.5. The summed E-state index contributed by atoms with van der Waals surface area (Å²) in [5.74, 6) is -0.910. The molecule has 1 N–H and O–H groups in total. The van der Waals surface area contributed by atoms with Crippen molar-refractivity contribution in [2.24, 2.45) is 0 Å². The van der Waals surface area contributed by atoms with Crippen molar-refractivity contribution in [3.63, 3.8) is 0 Å². The summed E-state index contributed by atoms with van der Waals surface area (Å²) in [5.41, 5.74) is -1.59. The number of nitro benzene ring substituents is 1. The van der Waals surface area contributed by atoms with Crippen LogP contribution in [-0.2, 0) is 10.9 Å². The summed E-state index contributed by atoms with van der Waals surface area (Å²) in [5, 5.41) is 13.2. The molecule has 11 heteroatoms. The van der Waals surface area contributed by atoms with Crippen molar-refractivity contribution in [2.75, 3.05) is 18.5 Å².